The number of hydrogen-bond donors (Lipinski definition) is 2. The van der Waals surface area contributed by atoms with E-state index < -0.39 is 11.9 Å². The predicted octanol–water partition coefficient (Wildman–Crippen LogP) is 1.14. The minimum Gasteiger partial charge on any atom is -0.481 e. The van der Waals surface area contributed by atoms with Crippen LogP contribution in [0.4, 0.5) is 0 Å². The molecule has 0 atom stereocenters. The van der Waals surface area contributed by atoms with Crippen LogP contribution in [0.15, 0.2) is 5.38 Å². The lowest BCUT2D eigenvalue weighted by Gasteiger charge is -2.17. The summed E-state index contributed by atoms with van der Waals surface area (Å²) in [6.45, 7) is 3.55. The number of aliphatic carboxylic acids is 1. The molecule has 0 spiro atoms. The third-order valence-corrected chi connectivity index (χ3v) is 3.05. The molecule has 0 aliphatic carbocycles. The normalized spacial score (nSPS) is 10.7. The fourth-order valence-electron chi connectivity index (χ4n) is 1.28. The highest BCUT2D eigenvalue weighted by Crippen LogP contribution is 2.12. The number of hydrogen-bond acceptors (Lipinski definition) is 5. The van der Waals surface area contributed by atoms with E-state index in [1.807, 2.05) is 11.8 Å². The van der Waals surface area contributed by atoms with Crippen LogP contribution in [-0.4, -0.2) is 45.1 Å². The van der Waals surface area contributed by atoms with E-state index in [1.54, 1.807) is 0 Å². The second kappa shape index (κ2) is 6.31. The maximum Gasteiger partial charge on any atom is 0.355 e. The highest BCUT2D eigenvalue weighted by molar-refractivity contribution is 7.09. The van der Waals surface area contributed by atoms with Crippen molar-refractivity contribution in [2.45, 2.75) is 19.9 Å². The molecule has 0 aliphatic heterocycles. The maximum absolute atomic E-state index is 10.6. The number of nitrogens with zero attached hydrogens (tertiary/aromatic N) is 2. The summed E-state index contributed by atoms with van der Waals surface area (Å²) < 4.78 is 0. The summed E-state index contributed by atoms with van der Waals surface area (Å²) in [5.74, 6) is -1.88. The van der Waals surface area contributed by atoms with Crippen LogP contribution in [0.2, 0.25) is 0 Å². The van der Waals surface area contributed by atoms with E-state index in [9.17, 15) is 9.59 Å². The Bertz CT molecular complexity index is 405. The van der Waals surface area contributed by atoms with E-state index in [0.717, 1.165) is 0 Å². The molecule has 1 rings (SSSR count). The lowest BCUT2D eigenvalue weighted by molar-refractivity contribution is -0.137. The van der Waals surface area contributed by atoms with Gasteiger partial charge in [0.25, 0.3) is 0 Å². The van der Waals surface area contributed by atoms with Crippen LogP contribution >= 0.6 is 11.3 Å². The Kier molecular flexibility index (Phi) is 5.05. The fraction of sp³-hybridized carbons (Fsp3) is 0.500. The quantitative estimate of drug-likeness (QED) is 0.762. The Morgan fingerprint density at radius 3 is 2.65 bits per heavy atom. The number of rotatable bonds is 7. The molecule has 0 aliphatic rings. The standard InChI is InChI=1S/C10H14N2O4S/c1-2-12(4-3-9(13)14)5-8-11-7(6-17-8)10(15)16/h6H,2-5H2,1H3,(H,13,14)(H,15,16). The van der Waals surface area contributed by atoms with Gasteiger partial charge in [-0.3, -0.25) is 9.69 Å². The van der Waals surface area contributed by atoms with Crippen molar-refractivity contribution in [1.82, 2.24) is 9.88 Å². The minimum atomic E-state index is -1.04. The van der Waals surface area contributed by atoms with Gasteiger partial charge in [-0.25, -0.2) is 9.78 Å². The minimum absolute atomic E-state index is 0.0410. The smallest absolute Gasteiger partial charge is 0.355 e. The lowest BCUT2D eigenvalue weighted by Crippen LogP contribution is -2.25. The molecule has 0 saturated carbocycles. The zero-order chi connectivity index (χ0) is 12.8. The van der Waals surface area contributed by atoms with E-state index in [1.165, 1.54) is 16.7 Å². The number of carboxylic acid groups (broad SMARTS) is 2. The Balaban J connectivity index is 2.54. The second-order valence-corrected chi connectivity index (χ2v) is 4.39. The summed E-state index contributed by atoms with van der Waals surface area (Å²) in [5.41, 5.74) is 0.0410. The van der Waals surface area contributed by atoms with Crippen LogP contribution in [0.25, 0.3) is 0 Å². The van der Waals surface area contributed by atoms with Crippen LogP contribution in [-0.2, 0) is 11.3 Å². The number of carboxylic acids is 2. The van der Waals surface area contributed by atoms with Gasteiger partial charge in [-0.1, -0.05) is 6.92 Å². The Hall–Kier alpha value is -1.47. The fourth-order valence-corrected chi connectivity index (χ4v) is 2.09. The monoisotopic (exact) mass is 258 g/mol. The zero-order valence-electron chi connectivity index (χ0n) is 9.42. The van der Waals surface area contributed by atoms with Gasteiger partial charge in [0.2, 0.25) is 0 Å². The highest BCUT2D eigenvalue weighted by atomic mass is 32.1. The summed E-state index contributed by atoms with van der Waals surface area (Å²) in [4.78, 5) is 27.0. The SMILES string of the molecule is CCN(CCC(=O)O)Cc1nc(C(=O)O)cs1. The zero-order valence-corrected chi connectivity index (χ0v) is 10.2. The van der Waals surface area contributed by atoms with Crippen molar-refractivity contribution < 1.29 is 19.8 Å². The van der Waals surface area contributed by atoms with Gasteiger partial charge in [0.15, 0.2) is 5.69 Å². The molecule has 0 unspecified atom stereocenters. The Morgan fingerprint density at radius 1 is 1.47 bits per heavy atom. The summed E-state index contributed by atoms with van der Waals surface area (Å²) in [7, 11) is 0. The summed E-state index contributed by atoms with van der Waals surface area (Å²) in [6.07, 6.45) is 0.0744. The van der Waals surface area contributed by atoms with Gasteiger partial charge in [0.1, 0.15) is 5.01 Å². The molecular weight excluding hydrogens is 244 g/mol. The number of carbonyl (C=O) groups is 2. The molecule has 0 fully saturated rings. The third-order valence-electron chi connectivity index (χ3n) is 2.22. The molecule has 0 aromatic carbocycles. The topological polar surface area (TPSA) is 90.7 Å². The molecular formula is C10H14N2O4S. The van der Waals surface area contributed by atoms with E-state index in [4.69, 9.17) is 10.2 Å². The van der Waals surface area contributed by atoms with Crippen LogP contribution in [0.3, 0.4) is 0 Å². The van der Waals surface area contributed by atoms with Crippen molar-refractivity contribution in [3.63, 3.8) is 0 Å². The molecule has 17 heavy (non-hydrogen) atoms. The molecule has 1 aromatic rings. The van der Waals surface area contributed by atoms with Crippen molar-refractivity contribution >= 4 is 23.3 Å². The Labute approximate surface area is 103 Å². The van der Waals surface area contributed by atoms with E-state index >= 15 is 0 Å². The van der Waals surface area contributed by atoms with Crippen LogP contribution in [0, 0.1) is 0 Å². The van der Waals surface area contributed by atoms with Gasteiger partial charge in [0, 0.05) is 11.9 Å². The summed E-state index contributed by atoms with van der Waals surface area (Å²) >= 11 is 1.27. The van der Waals surface area contributed by atoms with Gasteiger partial charge >= 0.3 is 11.9 Å². The Morgan fingerprint density at radius 2 is 2.18 bits per heavy atom. The molecule has 2 N–H and O–H groups in total. The van der Waals surface area contributed by atoms with Gasteiger partial charge in [-0.05, 0) is 6.54 Å². The summed E-state index contributed by atoms with van der Waals surface area (Å²) in [6, 6.07) is 0. The highest BCUT2D eigenvalue weighted by Gasteiger charge is 2.12. The van der Waals surface area contributed by atoms with Gasteiger partial charge < -0.3 is 10.2 Å². The first-order chi connectivity index (χ1) is 8.02. The van der Waals surface area contributed by atoms with E-state index in [0.29, 0.717) is 24.6 Å². The van der Waals surface area contributed by atoms with E-state index in [2.05, 4.69) is 4.98 Å². The molecule has 1 aromatic heterocycles. The van der Waals surface area contributed by atoms with Crippen molar-refractivity contribution in [3.05, 3.63) is 16.1 Å². The van der Waals surface area contributed by atoms with Crippen molar-refractivity contribution in [2.75, 3.05) is 13.1 Å². The number of aromatic nitrogens is 1. The van der Waals surface area contributed by atoms with Crippen molar-refractivity contribution in [1.29, 1.82) is 0 Å². The van der Waals surface area contributed by atoms with Gasteiger partial charge in [-0.15, -0.1) is 11.3 Å². The van der Waals surface area contributed by atoms with Gasteiger partial charge in [0.05, 0.1) is 13.0 Å². The van der Waals surface area contributed by atoms with Crippen LogP contribution in [0.1, 0.15) is 28.8 Å². The molecule has 0 bridgehead atoms. The first-order valence-corrected chi connectivity index (χ1v) is 6.02. The molecule has 7 heteroatoms. The largest absolute Gasteiger partial charge is 0.481 e. The van der Waals surface area contributed by atoms with Crippen LogP contribution < -0.4 is 0 Å². The molecule has 0 amide bonds. The lowest BCUT2D eigenvalue weighted by atomic mass is 10.3. The van der Waals surface area contributed by atoms with Crippen molar-refractivity contribution in [3.8, 4) is 0 Å². The average molecular weight is 258 g/mol. The van der Waals surface area contributed by atoms with Crippen LogP contribution in [0.5, 0.6) is 0 Å². The summed E-state index contributed by atoms with van der Waals surface area (Å²) in [5, 5.41) is 19.5. The molecule has 6 nitrogen and oxygen atoms in total. The maximum atomic E-state index is 10.6. The first kappa shape index (κ1) is 13.6. The third kappa shape index (κ3) is 4.49. The molecule has 0 saturated heterocycles. The van der Waals surface area contributed by atoms with Crippen molar-refractivity contribution in [2.24, 2.45) is 0 Å². The average Bonchev–Trinajstić information content (AvgIpc) is 2.72. The molecule has 94 valence electrons. The van der Waals surface area contributed by atoms with Gasteiger partial charge in [-0.2, -0.15) is 0 Å². The number of thiazole rings is 1. The molecule has 0 radical (unpaired) electrons. The first-order valence-electron chi connectivity index (χ1n) is 5.14. The second-order valence-electron chi connectivity index (χ2n) is 3.44. The molecule has 1 heterocycles. The number of aromatic carboxylic acids is 1. The predicted molar refractivity (Wildman–Crippen MR) is 62.3 cm³/mol. The van der Waals surface area contributed by atoms with E-state index in [-0.39, 0.29) is 12.1 Å².